The fourth-order valence-corrected chi connectivity index (χ4v) is 3.72. The number of ether oxygens (including phenoxy) is 3. The number of hydrogen-bond donors (Lipinski definition) is 2. The number of nitrogens with one attached hydrogen (secondary N) is 2. The molecule has 9 nitrogen and oxygen atoms in total. The standard InChI is InChI=1S/C21H28N4O5S/c1-7-30-20(27)17-12(2)24-18(31-17)13(3)25-21(22-4)23-11-14-8-9-15(19(26)29-6)16(10-14)28-5/h8-10,13H,7,11H2,1-6H3,(H2,22,23,25). The molecule has 2 rings (SSSR count). The molecule has 0 spiro atoms. The summed E-state index contributed by atoms with van der Waals surface area (Å²) < 4.78 is 15.1. The molecule has 0 saturated carbocycles. The normalized spacial score (nSPS) is 12.1. The highest BCUT2D eigenvalue weighted by Gasteiger charge is 2.20. The Kier molecular flexibility index (Phi) is 8.80. The van der Waals surface area contributed by atoms with E-state index in [1.807, 2.05) is 13.0 Å². The van der Waals surface area contributed by atoms with Crippen molar-refractivity contribution in [3.63, 3.8) is 0 Å². The SMILES string of the molecule is CCOC(=O)c1sc(C(C)NC(=NC)NCc2ccc(C(=O)OC)c(OC)c2)nc1C. The minimum atomic E-state index is -0.455. The number of aliphatic imine (C=N–C) groups is 1. The Morgan fingerprint density at radius 2 is 2.00 bits per heavy atom. The van der Waals surface area contributed by atoms with Gasteiger partial charge in [-0.05, 0) is 38.5 Å². The zero-order valence-electron chi connectivity index (χ0n) is 18.6. The van der Waals surface area contributed by atoms with Crippen LogP contribution >= 0.6 is 11.3 Å². The summed E-state index contributed by atoms with van der Waals surface area (Å²) in [6.07, 6.45) is 0. The van der Waals surface area contributed by atoms with Crippen LogP contribution < -0.4 is 15.4 Å². The summed E-state index contributed by atoms with van der Waals surface area (Å²) in [7, 11) is 4.50. The van der Waals surface area contributed by atoms with E-state index in [1.165, 1.54) is 25.6 Å². The lowest BCUT2D eigenvalue weighted by Crippen LogP contribution is -2.38. The number of nitrogens with zero attached hydrogens (tertiary/aromatic N) is 2. The van der Waals surface area contributed by atoms with Gasteiger partial charge in [-0.25, -0.2) is 14.6 Å². The molecule has 0 fully saturated rings. The van der Waals surface area contributed by atoms with E-state index >= 15 is 0 Å². The molecule has 1 aromatic heterocycles. The van der Waals surface area contributed by atoms with Crippen molar-refractivity contribution in [2.45, 2.75) is 33.4 Å². The minimum Gasteiger partial charge on any atom is -0.496 e. The zero-order chi connectivity index (χ0) is 23.0. The van der Waals surface area contributed by atoms with Gasteiger partial charge in [0.25, 0.3) is 0 Å². The van der Waals surface area contributed by atoms with Gasteiger partial charge in [-0.2, -0.15) is 0 Å². The van der Waals surface area contributed by atoms with E-state index in [9.17, 15) is 9.59 Å². The molecule has 0 aliphatic carbocycles. The lowest BCUT2D eigenvalue weighted by molar-refractivity contribution is 0.0529. The molecule has 0 aliphatic heterocycles. The quantitative estimate of drug-likeness (QED) is 0.360. The number of carbonyl (C=O) groups is 2. The van der Waals surface area contributed by atoms with E-state index in [4.69, 9.17) is 14.2 Å². The van der Waals surface area contributed by atoms with E-state index in [-0.39, 0.29) is 12.0 Å². The predicted octanol–water partition coefficient (Wildman–Crippen LogP) is 2.85. The molecule has 2 N–H and O–H groups in total. The average molecular weight is 449 g/mol. The Morgan fingerprint density at radius 1 is 1.26 bits per heavy atom. The highest BCUT2D eigenvalue weighted by atomic mass is 32.1. The fourth-order valence-electron chi connectivity index (χ4n) is 2.76. The largest absolute Gasteiger partial charge is 0.496 e. The Hall–Kier alpha value is -3.14. The summed E-state index contributed by atoms with van der Waals surface area (Å²) in [4.78, 5) is 33.1. The van der Waals surface area contributed by atoms with Crippen molar-refractivity contribution >= 4 is 29.2 Å². The summed E-state index contributed by atoms with van der Waals surface area (Å²) in [5.41, 5.74) is 1.91. The van der Waals surface area contributed by atoms with Crippen LogP contribution in [-0.4, -0.2) is 50.8 Å². The number of hydrogen-bond acceptors (Lipinski definition) is 8. The maximum absolute atomic E-state index is 12.0. The molecule has 2 aromatic rings. The second-order valence-corrected chi connectivity index (χ2v) is 7.54. The van der Waals surface area contributed by atoms with Gasteiger partial charge >= 0.3 is 11.9 Å². The van der Waals surface area contributed by atoms with Gasteiger partial charge in [0.05, 0.1) is 32.6 Å². The molecule has 0 amide bonds. The van der Waals surface area contributed by atoms with Crippen LogP contribution in [0.15, 0.2) is 23.2 Å². The summed E-state index contributed by atoms with van der Waals surface area (Å²) in [6.45, 7) is 6.27. The monoisotopic (exact) mass is 448 g/mol. The highest BCUT2D eigenvalue weighted by Crippen LogP contribution is 2.24. The van der Waals surface area contributed by atoms with Gasteiger partial charge in [-0.15, -0.1) is 11.3 Å². The van der Waals surface area contributed by atoms with Crippen LogP contribution in [0.5, 0.6) is 5.75 Å². The Bertz CT molecular complexity index is 957. The van der Waals surface area contributed by atoms with Crippen molar-refractivity contribution in [3.8, 4) is 5.75 Å². The first kappa shape index (κ1) is 24.1. The maximum Gasteiger partial charge on any atom is 0.350 e. The van der Waals surface area contributed by atoms with E-state index in [2.05, 4.69) is 20.6 Å². The number of aromatic nitrogens is 1. The summed E-state index contributed by atoms with van der Waals surface area (Å²) >= 11 is 1.30. The molecule has 1 heterocycles. The molecule has 10 heteroatoms. The number of rotatable bonds is 8. The van der Waals surface area contributed by atoms with E-state index in [1.54, 1.807) is 33.0 Å². The molecule has 0 saturated heterocycles. The van der Waals surface area contributed by atoms with Crippen LogP contribution in [-0.2, 0) is 16.0 Å². The molecule has 1 unspecified atom stereocenters. The van der Waals surface area contributed by atoms with Gasteiger partial charge in [-0.1, -0.05) is 6.07 Å². The second-order valence-electron chi connectivity index (χ2n) is 6.51. The van der Waals surface area contributed by atoms with Crippen LogP contribution in [0, 0.1) is 6.92 Å². The Labute approximate surface area is 185 Å². The maximum atomic E-state index is 12.0. The number of esters is 2. The average Bonchev–Trinajstić information content (AvgIpc) is 3.17. The van der Waals surface area contributed by atoms with Crippen molar-refractivity contribution in [3.05, 3.63) is 44.9 Å². The fraction of sp³-hybridized carbons (Fsp3) is 0.429. The zero-order valence-corrected chi connectivity index (χ0v) is 19.4. The van der Waals surface area contributed by atoms with E-state index in [0.717, 1.165) is 10.6 Å². The van der Waals surface area contributed by atoms with Crippen molar-refractivity contribution < 1.29 is 23.8 Å². The minimum absolute atomic E-state index is 0.172. The molecule has 0 bridgehead atoms. The van der Waals surface area contributed by atoms with Crippen LogP contribution in [0.4, 0.5) is 0 Å². The predicted molar refractivity (Wildman–Crippen MR) is 119 cm³/mol. The smallest absolute Gasteiger partial charge is 0.350 e. The molecule has 168 valence electrons. The van der Waals surface area contributed by atoms with Gasteiger partial charge in [0.2, 0.25) is 0 Å². The van der Waals surface area contributed by atoms with Gasteiger partial charge in [0, 0.05) is 13.6 Å². The van der Waals surface area contributed by atoms with E-state index < -0.39 is 5.97 Å². The van der Waals surface area contributed by atoms with Crippen LogP contribution in [0.2, 0.25) is 0 Å². The third-order valence-corrected chi connectivity index (χ3v) is 5.67. The first-order chi connectivity index (χ1) is 14.8. The van der Waals surface area contributed by atoms with Crippen molar-refractivity contribution in [1.29, 1.82) is 0 Å². The lowest BCUT2D eigenvalue weighted by Gasteiger charge is -2.17. The van der Waals surface area contributed by atoms with Crippen LogP contribution in [0.3, 0.4) is 0 Å². The van der Waals surface area contributed by atoms with Gasteiger partial charge in [0.15, 0.2) is 5.96 Å². The van der Waals surface area contributed by atoms with E-state index in [0.29, 0.717) is 41.0 Å². The molecule has 31 heavy (non-hydrogen) atoms. The summed E-state index contributed by atoms with van der Waals surface area (Å²) in [5.74, 6) is 0.188. The number of methoxy groups -OCH3 is 2. The van der Waals surface area contributed by atoms with Gasteiger partial charge in [0.1, 0.15) is 21.2 Å². The van der Waals surface area contributed by atoms with Gasteiger partial charge < -0.3 is 24.8 Å². The Morgan fingerprint density at radius 3 is 2.61 bits per heavy atom. The molecule has 0 aliphatic rings. The lowest BCUT2D eigenvalue weighted by atomic mass is 10.1. The molecular formula is C21H28N4O5S. The summed E-state index contributed by atoms with van der Waals surface area (Å²) in [6, 6.07) is 5.07. The number of benzene rings is 1. The third kappa shape index (κ3) is 6.17. The third-order valence-electron chi connectivity index (χ3n) is 4.35. The highest BCUT2D eigenvalue weighted by molar-refractivity contribution is 7.13. The second kappa shape index (κ2) is 11.3. The molecule has 0 radical (unpaired) electrons. The van der Waals surface area contributed by atoms with Crippen molar-refractivity contribution in [2.75, 3.05) is 27.9 Å². The topological polar surface area (TPSA) is 111 Å². The number of thiazole rings is 1. The Balaban J connectivity index is 2.04. The number of aryl methyl sites for hydroxylation is 1. The first-order valence-corrected chi connectivity index (χ1v) is 10.5. The van der Waals surface area contributed by atoms with Crippen molar-refractivity contribution in [2.24, 2.45) is 4.99 Å². The van der Waals surface area contributed by atoms with Crippen LogP contribution in [0.25, 0.3) is 0 Å². The first-order valence-electron chi connectivity index (χ1n) is 9.71. The van der Waals surface area contributed by atoms with Crippen LogP contribution in [0.1, 0.15) is 56.2 Å². The van der Waals surface area contributed by atoms with Gasteiger partial charge in [-0.3, -0.25) is 4.99 Å². The summed E-state index contributed by atoms with van der Waals surface area (Å²) in [5, 5.41) is 7.24. The van der Waals surface area contributed by atoms with Crippen molar-refractivity contribution in [1.82, 2.24) is 15.6 Å². The number of guanidine groups is 1. The molecular weight excluding hydrogens is 420 g/mol. The molecule has 1 aromatic carbocycles. The number of carbonyl (C=O) groups excluding carboxylic acids is 2. The molecule has 1 atom stereocenters.